The molecule has 3 aliphatic rings. The van der Waals surface area contributed by atoms with Crippen LogP contribution in [0, 0.1) is 0 Å². The van der Waals surface area contributed by atoms with Crippen molar-refractivity contribution in [1.29, 1.82) is 0 Å². The molecule has 1 unspecified atom stereocenters. The van der Waals surface area contributed by atoms with Gasteiger partial charge in [-0.3, -0.25) is 9.58 Å². The fourth-order valence-electron chi connectivity index (χ4n) is 6.58. The van der Waals surface area contributed by atoms with Crippen LogP contribution in [-0.2, 0) is 21.4 Å². The van der Waals surface area contributed by atoms with Gasteiger partial charge < -0.3 is 14.5 Å². The number of hydrogen-bond acceptors (Lipinski definition) is 7. The highest BCUT2D eigenvalue weighted by Gasteiger charge is 2.42. The van der Waals surface area contributed by atoms with E-state index in [9.17, 15) is 13.2 Å². The first kappa shape index (κ1) is 28.9. The monoisotopic (exact) mass is 594 g/mol. The predicted octanol–water partition coefficient (Wildman–Crippen LogP) is 4.37. The first-order valence-corrected chi connectivity index (χ1v) is 16.6. The lowest BCUT2D eigenvalue weighted by molar-refractivity contribution is 0.103. The summed E-state index contributed by atoms with van der Waals surface area (Å²) < 4.78 is 37.7. The number of likely N-dealkylation sites (N-methyl/N-ethyl adjacent to an activating group) is 1. The van der Waals surface area contributed by atoms with Crippen LogP contribution < -0.4 is 9.62 Å². The Kier molecular flexibility index (Phi) is 7.69. The number of anilines is 1. The van der Waals surface area contributed by atoms with E-state index in [0.717, 1.165) is 54.6 Å². The number of hydrogen-bond donors (Lipinski definition) is 1. The van der Waals surface area contributed by atoms with Crippen molar-refractivity contribution in [3.8, 4) is 0 Å². The van der Waals surface area contributed by atoms with Gasteiger partial charge in [-0.25, -0.2) is 17.9 Å². The number of likely N-dealkylation sites (tertiary alicyclic amines) is 1. The van der Waals surface area contributed by atoms with Crippen molar-refractivity contribution >= 4 is 32.7 Å². The average Bonchev–Trinajstić information content (AvgIpc) is 3.32. The lowest BCUT2D eigenvalue weighted by Gasteiger charge is -2.45. The van der Waals surface area contributed by atoms with Gasteiger partial charge >= 0.3 is 6.09 Å². The first-order chi connectivity index (χ1) is 20.1. The second kappa shape index (κ2) is 11.2. The quantitative estimate of drug-likeness (QED) is 0.414. The zero-order valence-electron chi connectivity index (χ0n) is 25.0. The molecule has 1 amide bonds. The maximum atomic E-state index is 13.6. The molecule has 3 heterocycles. The van der Waals surface area contributed by atoms with Crippen molar-refractivity contribution < 1.29 is 17.9 Å². The SMILES string of the molecule is CCN1[C@H](C)CN(c2cc(S(=O)(=O)NC3(C)CC3)cc3c2cnn3C2CCN(C(=O)OCc3ccccc3)C2)C[C@@H]1C. The van der Waals surface area contributed by atoms with Crippen LogP contribution in [0.2, 0.25) is 0 Å². The standard InChI is InChI=1S/C31H42N6O4S/c1-5-36-22(2)18-35(19-23(36)3)28-15-26(42(39,40)33-31(4)12-13-31)16-29-27(28)17-32-37(29)25-11-14-34(20-25)30(38)41-21-24-9-7-6-8-10-24/h6-10,15-17,22-23,25,33H,5,11-14,18-21H2,1-4H3/t22-,23+,25?. The third-order valence-electron chi connectivity index (χ3n) is 9.14. The van der Waals surface area contributed by atoms with Gasteiger partial charge in [0.1, 0.15) is 6.61 Å². The second-order valence-corrected chi connectivity index (χ2v) is 14.2. The molecule has 0 spiro atoms. The minimum absolute atomic E-state index is 0.0822. The van der Waals surface area contributed by atoms with Gasteiger partial charge in [0.2, 0.25) is 10.0 Å². The lowest BCUT2D eigenvalue weighted by Crippen LogP contribution is -2.56. The number of nitrogens with one attached hydrogen (secondary N) is 1. The third kappa shape index (κ3) is 5.74. The molecule has 2 saturated heterocycles. The molecule has 0 bridgehead atoms. The molecule has 3 aromatic rings. The minimum Gasteiger partial charge on any atom is -0.445 e. The van der Waals surface area contributed by atoms with Crippen molar-refractivity contribution in [3.05, 3.63) is 54.2 Å². The number of carbonyl (C=O) groups is 1. The molecule has 42 heavy (non-hydrogen) atoms. The molecule has 3 atom stereocenters. The normalized spacial score (nSPS) is 24.3. The summed E-state index contributed by atoms with van der Waals surface area (Å²) in [6.45, 7) is 12.4. The summed E-state index contributed by atoms with van der Waals surface area (Å²) in [5, 5.41) is 5.72. The van der Waals surface area contributed by atoms with Crippen molar-refractivity contribution in [2.24, 2.45) is 0 Å². The highest BCUT2D eigenvalue weighted by atomic mass is 32.2. The number of sulfonamides is 1. The topological polar surface area (TPSA) is 100 Å². The average molecular weight is 595 g/mol. The van der Waals surface area contributed by atoms with Crippen LogP contribution in [0.5, 0.6) is 0 Å². The Morgan fingerprint density at radius 3 is 2.48 bits per heavy atom. The van der Waals surface area contributed by atoms with E-state index in [4.69, 9.17) is 9.84 Å². The molecular formula is C31H42N6O4S. The van der Waals surface area contributed by atoms with E-state index in [2.05, 4.69) is 35.3 Å². The summed E-state index contributed by atoms with van der Waals surface area (Å²) in [5.74, 6) is 0. The Morgan fingerprint density at radius 1 is 1.10 bits per heavy atom. The van der Waals surface area contributed by atoms with E-state index < -0.39 is 10.0 Å². The van der Waals surface area contributed by atoms with Crippen LogP contribution in [0.15, 0.2) is 53.6 Å². The van der Waals surface area contributed by atoms with Gasteiger partial charge in [-0.1, -0.05) is 37.3 Å². The van der Waals surface area contributed by atoms with Crippen LogP contribution in [0.4, 0.5) is 10.5 Å². The van der Waals surface area contributed by atoms with Crippen molar-refractivity contribution in [3.63, 3.8) is 0 Å². The van der Waals surface area contributed by atoms with Gasteiger partial charge in [0.15, 0.2) is 0 Å². The van der Waals surface area contributed by atoms with Crippen LogP contribution in [0.25, 0.3) is 10.9 Å². The minimum atomic E-state index is -3.74. The zero-order chi connectivity index (χ0) is 29.6. The molecule has 11 heteroatoms. The van der Waals surface area contributed by atoms with Gasteiger partial charge in [0.25, 0.3) is 0 Å². The number of ether oxygens (including phenoxy) is 1. The van der Waals surface area contributed by atoms with Crippen LogP contribution in [0.1, 0.15) is 58.6 Å². The molecule has 2 aromatic carbocycles. The first-order valence-electron chi connectivity index (χ1n) is 15.1. The van der Waals surface area contributed by atoms with Crippen LogP contribution in [0.3, 0.4) is 0 Å². The Labute approximate surface area is 248 Å². The van der Waals surface area contributed by atoms with E-state index in [1.807, 2.05) is 54.2 Å². The molecule has 10 nitrogen and oxygen atoms in total. The van der Waals surface area contributed by atoms with Gasteiger partial charge in [-0.15, -0.1) is 0 Å². The van der Waals surface area contributed by atoms with E-state index in [-0.39, 0.29) is 29.2 Å². The number of aromatic nitrogens is 2. The van der Waals surface area contributed by atoms with Gasteiger partial charge in [-0.2, -0.15) is 5.10 Å². The largest absolute Gasteiger partial charge is 0.445 e. The Morgan fingerprint density at radius 2 is 1.81 bits per heavy atom. The van der Waals surface area contributed by atoms with E-state index in [1.54, 1.807) is 11.0 Å². The number of piperazine rings is 1. The van der Waals surface area contributed by atoms with Crippen molar-refractivity contribution in [2.45, 2.75) is 82.1 Å². The number of carbonyl (C=O) groups excluding carboxylic acids is 1. The fourth-order valence-corrected chi connectivity index (χ4v) is 8.08. The molecule has 6 rings (SSSR count). The summed E-state index contributed by atoms with van der Waals surface area (Å²) in [6, 6.07) is 13.8. The number of amides is 1. The summed E-state index contributed by atoms with van der Waals surface area (Å²) >= 11 is 0. The summed E-state index contributed by atoms with van der Waals surface area (Å²) in [4.78, 5) is 19.6. The highest BCUT2D eigenvalue weighted by molar-refractivity contribution is 7.89. The van der Waals surface area contributed by atoms with E-state index >= 15 is 0 Å². The number of rotatable bonds is 8. The molecule has 0 radical (unpaired) electrons. The second-order valence-electron chi connectivity index (χ2n) is 12.5. The Bertz CT molecular complexity index is 1540. The maximum absolute atomic E-state index is 13.6. The Balaban J connectivity index is 1.30. The molecular weight excluding hydrogens is 552 g/mol. The maximum Gasteiger partial charge on any atom is 0.410 e. The fraction of sp³-hybridized carbons (Fsp3) is 0.548. The number of fused-ring (bicyclic) bond motifs is 1. The number of nitrogens with zero attached hydrogens (tertiary/aromatic N) is 5. The smallest absolute Gasteiger partial charge is 0.410 e. The van der Waals surface area contributed by atoms with E-state index in [1.165, 1.54) is 0 Å². The molecule has 1 aromatic heterocycles. The highest BCUT2D eigenvalue weighted by Crippen LogP contribution is 2.39. The van der Waals surface area contributed by atoms with Crippen molar-refractivity contribution in [2.75, 3.05) is 37.6 Å². The van der Waals surface area contributed by atoms with Crippen LogP contribution >= 0.6 is 0 Å². The molecule has 1 aliphatic carbocycles. The molecule has 1 saturated carbocycles. The third-order valence-corrected chi connectivity index (χ3v) is 10.8. The van der Waals surface area contributed by atoms with Crippen LogP contribution in [-0.4, -0.2) is 84.4 Å². The summed E-state index contributed by atoms with van der Waals surface area (Å²) in [5.41, 5.74) is 2.23. The van der Waals surface area contributed by atoms with E-state index in [0.29, 0.717) is 31.6 Å². The molecule has 226 valence electrons. The van der Waals surface area contributed by atoms with Gasteiger partial charge in [0.05, 0.1) is 22.7 Å². The Hall–Kier alpha value is -3.15. The molecule has 2 aliphatic heterocycles. The zero-order valence-corrected chi connectivity index (χ0v) is 25.8. The molecule has 1 N–H and O–H groups in total. The summed E-state index contributed by atoms with van der Waals surface area (Å²) in [7, 11) is -3.74. The number of benzene rings is 2. The van der Waals surface area contributed by atoms with Gasteiger partial charge in [0, 0.05) is 54.9 Å². The van der Waals surface area contributed by atoms with Crippen molar-refractivity contribution in [1.82, 2.24) is 24.3 Å². The summed E-state index contributed by atoms with van der Waals surface area (Å²) in [6.07, 6.45) is 3.90. The molecule has 3 fully saturated rings. The van der Waals surface area contributed by atoms with Gasteiger partial charge in [-0.05, 0) is 64.3 Å². The lowest BCUT2D eigenvalue weighted by atomic mass is 10.1. The predicted molar refractivity (Wildman–Crippen MR) is 163 cm³/mol.